The molecule has 0 aromatic rings. The van der Waals surface area contributed by atoms with Gasteiger partial charge in [-0.15, -0.1) is 0 Å². The average molecular weight is 267 g/mol. The van der Waals surface area contributed by atoms with E-state index in [1.165, 1.54) is 50.8 Å². The Morgan fingerprint density at radius 2 is 2.00 bits per heavy atom. The first kappa shape index (κ1) is 13.3. The van der Waals surface area contributed by atoms with Crippen molar-refractivity contribution in [1.29, 1.82) is 0 Å². The molecule has 1 aliphatic heterocycles. The zero-order valence-corrected chi connectivity index (χ0v) is 13.1. The molecule has 0 aromatic heterocycles. The fourth-order valence-electron chi connectivity index (χ4n) is 5.03. The first-order valence-electron chi connectivity index (χ1n) is 7.87. The predicted octanol–water partition coefficient (Wildman–Crippen LogP) is 4.08. The lowest BCUT2D eigenvalue weighted by molar-refractivity contribution is 0.109. The molecule has 3 fully saturated rings. The van der Waals surface area contributed by atoms with Crippen molar-refractivity contribution in [3.63, 3.8) is 0 Å². The lowest BCUT2D eigenvalue weighted by atomic mass is 9.68. The Kier molecular flexibility index (Phi) is 3.47. The minimum Gasteiger partial charge on any atom is -0.312 e. The Hall–Kier alpha value is 0.310. The number of fused-ring (bicyclic) bond motifs is 2. The van der Waals surface area contributed by atoms with Crippen LogP contribution >= 0.6 is 11.8 Å². The number of hydrogen-bond donors (Lipinski definition) is 1. The number of thioether (sulfide) groups is 1. The second-order valence-electron chi connectivity index (χ2n) is 7.74. The third-order valence-electron chi connectivity index (χ3n) is 6.09. The molecule has 0 spiro atoms. The van der Waals surface area contributed by atoms with Crippen LogP contribution in [0.15, 0.2) is 0 Å². The first-order valence-corrected chi connectivity index (χ1v) is 8.92. The van der Waals surface area contributed by atoms with Gasteiger partial charge in [0.15, 0.2) is 0 Å². The summed E-state index contributed by atoms with van der Waals surface area (Å²) in [5, 5.41) is 4.88. The number of hydrogen-bond acceptors (Lipinski definition) is 2. The molecule has 1 heterocycles. The van der Waals surface area contributed by atoms with Gasteiger partial charge in [0.2, 0.25) is 0 Å². The lowest BCUT2D eigenvalue weighted by Crippen LogP contribution is -2.51. The molecule has 3 aliphatic rings. The Balaban J connectivity index is 1.61. The van der Waals surface area contributed by atoms with Crippen LogP contribution in [0.4, 0.5) is 0 Å². The fraction of sp³-hybridized carbons (Fsp3) is 1.00. The van der Waals surface area contributed by atoms with Crippen LogP contribution in [-0.4, -0.2) is 23.6 Å². The van der Waals surface area contributed by atoms with E-state index in [4.69, 9.17) is 0 Å². The Morgan fingerprint density at radius 3 is 2.61 bits per heavy atom. The SMILES string of the molecule is CC12CCC(C1)C(C)(C)C2NCC1CCCCS1. The van der Waals surface area contributed by atoms with E-state index in [1.54, 1.807) is 0 Å². The van der Waals surface area contributed by atoms with Crippen LogP contribution in [-0.2, 0) is 0 Å². The molecule has 2 saturated carbocycles. The molecule has 4 atom stereocenters. The van der Waals surface area contributed by atoms with E-state index < -0.39 is 0 Å². The van der Waals surface area contributed by atoms with Crippen LogP contribution in [0.1, 0.15) is 59.3 Å². The van der Waals surface area contributed by atoms with E-state index in [1.807, 2.05) is 0 Å². The Bertz CT molecular complexity index is 303. The van der Waals surface area contributed by atoms with Crippen molar-refractivity contribution in [2.24, 2.45) is 16.7 Å². The number of rotatable bonds is 3. The average Bonchev–Trinajstić information content (AvgIpc) is 2.81. The Labute approximate surface area is 117 Å². The van der Waals surface area contributed by atoms with E-state index in [-0.39, 0.29) is 0 Å². The summed E-state index contributed by atoms with van der Waals surface area (Å²) in [7, 11) is 0. The van der Waals surface area contributed by atoms with Crippen LogP contribution in [0.25, 0.3) is 0 Å². The summed E-state index contributed by atoms with van der Waals surface area (Å²) in [6, 6.07) is 0.756. The molecular weight excluding hydrogens is 238 g/mol. The van der Waals surface area contributed by atoms with Crippen molar-refractivity contribution >= 4 is 11.8 Å². The summed E-state index contributed by atoms with van der Waals surface area (Å²) in [5.74, 6) is 2.36. The maximum Gasteiger partial charge on any atom is 0.0175 e. The summed E-state index contributed by atoms with van der Waals surface area (Å²) in [4.78, 5) is 0. The van der Waals surface area contributed by atoms with Gasteiger partial charge in [-0.25, -0.2) is 0 Å². The van der Waals surface area contributed by atoms with E-state index >= 15 is 0 Å². The van der Waals surface area contributed by atoms with Gasteiger partial charge in [0, 0.05) is 17.8 Å². The highest BCUT2D eigenvalue weighted by molar-refractivity contribution is 7.99. The molecule has 0 radical (unpaired) electrons. The van der Waals surface area contributed by atoms with Crippen LogP contribution in [0.3, 0.4) is 0 Å². The molecule has 4 unspecified atom stereocenters. The van der Waals surface area contributed by atoms with Crippen LogP contribution in [0, 0.1) is 16.7 Å². The molecule has 0 amide bonds. The van der Waals surface area contributed by atoms with Gasteiger partial charge >= 0.3 is 0 Å². The van der Waals surface area contributed by atoms with Gasteiger partial charge < -0.3 is 5.32 Å². The fourth-order valence-corrected chi connectivity index (χ4v) is 6.28. The maximum absolute atomic E-state index is 3.99. The van der Waals surface area contributed by atoms with E-state index in [0.29, 0.717) is 10.8 Å². The zero-order valence-electron chi connectivity index (χ0n) is 12.3. The van der Waals surface area contributed by atoms with Crippen molar-refractivity contribution in [2.75, 3.05) is 12.3 Å². The standard InChI is InChI=1S/C16H29NS/c1-15(2)12-7-8-16(3,10-12)14(15)17-11-13-6-4-5-9-18-13/h12-14,17H,4-11H2,1-3H3. The minimum absolute atomic E-state index is 0.520. The van der Waals surface area contributed by atoms with Gasteiger partial charge in [-0.2, -0.15) is 11.8 Å². The van der Waals surface area contributed by atoms with Crippen LogP contribution in [0.2, 0.25) is 0 Å². The molecule has 18 heavy (non-hydrogen) atoms. The highest BCUT2D eigenvalue weighted by Crippen LogP contribution is 2.62. The molecule has 1 nitrogen and oxygen atoms in total. The largest absolute Gasteiger partial charge is 0.312 e. The summed E-state index contributed by atoms with van der Waals surface area (Å²) in [6.45, 7) is 8.80. The van der Waals surface area contributed by atoms with E-state index in [2.05, 4.69) is 37.8 Å². The van der Waals surface area contributed by atoms with Crippen molar-refractivity contribution in [3.05, 3.63) is 0 Å². The highest BCUT2D eigenvalue weighted by Gasteiger charge is 2.58. The smallest absolute Gasteiger partial charge is 0.0175 e. The molecular formula is C16H29NS. The lowest BCUT2D eigenvalue weighted by Gasteiger charge is -2.44. The molecule has 1 saturated heterocycles. The van der Waals surface area contributed by atoms with Crippen molar-refractivity contribution in [2.45, 2.75) is 70.6 Å². The van der Waals surface area contributed by atoms with Gasteiger partial charge in [0.1, 0.15) is 0 Å². The summed E-state index contributed by atoms with van der Waals surface area (Å²) in [5.41, 5.74) is 1.11. The molecule has 1 N–H and O–H groups in total. The van der Waals surface area contributed by atoms with Crippen LogP contribution in [0.5, 0.6) is 0 Å². The van der Waals surface area contributed by atoms with Gasteiger partial charge in [0.25, 0.3) is 0 Å². The summed E-state index contributed by atoms with van der Waals surface area (Å²) < 4.78 is 0. The monoisotopic (exact) mass is 267 g/mol. The first-order chi connectivity index (χ1) is 8.52. The molecule has 104 valence electrons. The normalized spacial score (nSPS) is 46.5. The van der Waals surface area contributed by atoms with E-state index in [0.717, 1.165) is 17.2 Å². The second kappa shape index (κ2) is 4.70. The predicted molar refractivity (Wildman–Crippen MR) is 81.1 cm³/mol. The third kappa shape index (κ3) is 2.14. The van der Waals surface area contributed by atoms with Crippen LogP contribution < -0.4 is 5.32 Å². The number of nitrogens with one attached hydrogen (secondary N) is 1. The summed E-state index contributed by atoms with van der Waals surface area (Å²) >= 11 is 2.20. The summed E-state index contributed by atoms with van der Waals surface area (Å²) in [6.07, 6.45) is 8.72. The van der Waals surface area contributed by atoms with Crippen molar-refractivity contribution < 1.29 is 0 Å². The van der Waals surface area contributed by atoms with Crippen molar-refractivity contribution in [1.82, 2.24) is 5.32 Å². The molecule has 3 rings (SSSR count). The zero-order chi connectivity index (χ0) is 12.8. The maximum atomic E-state index is 3.99. The van der Waals surface area contributed by atoms with Crippen molar-refractivity contribution in [3.8, 4) is 0 Å². The second-order valence-corrected chi connectivity index (χ2v) is 9.15. The van der Waals surface area contributed by atoms with Gasteiger partial charge in [-0.05, 0) is 54.6 Å². The van der Waals surface area contributed by atoms with Gasteiger partial charge in [-0.3, -0.25) is 0 Å². The molecule has 2 heteroatoms. The third-order valence-corrected chi connectivity index (χ3v) is 7.49. The minimum atomic E-state index is 0.520. The highest BCUT2D eigenvalue weighted by atomic mass is 32.2. The molecule has 0 aromatic carbocycles. The van der Waals surface area contributed by atoms with Gasteiger partial charge in [-0.1, -0.05) is 27.2 Å². The molecule has 2 aliphatic carbocycles. The quantitative estimate of drug-likeness (QED) is 0.827. The van der Waals surface area contributed by atoms with Gasteiger partial charge in [0.05, 0.1) is 0 Å². The van der Waals surface area contributed by atoms with E-state index in [9.17, 15) is 0 Å². The molecule has 2 bridgehead atoms. The Morgan fingerprint density at radius 1 is 1.17 bits per heavy atom. The topological polar surface area (TPSA) is 12.0 Å².